The van der Waals surface area contributed by atoms with Gasteiger partial charge in [0.05, 0.1) is 5.56 Å². The van der Waals surface area contributed by atoms with E-state index in [-0.39, 0.29) is 6.04 Å². The van der Waals surface area contributed by atoms with Gasteiger partial charge in [-0.3, -0.25) is 0 Å². The number of hydrogen-bond donors (Lipinski definition) is 2. The summed E-state index contributed by atoms with van der Waals surface area (Å²) in [5.74, 6) is -0.869. The summed E-state index contributed by atoms with van der Waals surface area (Å²) in [6.45, 7) is 7.19. The Labute approximate surface area is 160 Å². The van der Waals surface area contributed by atoms with Gasteiger partial charge in [0.1, 0.15) is 0 Å². The van der Waals surface area contributed by atoms with Crippen molar-refractivity contribution in [2.75, 3.05) is 0 Å². The van der Waals surface area contributed by atoms with Gasteiger partial charge >= 0.3 is 5.97 Å². The number of carbonyl (C=O) groups is 1. The lowest BCUT2D eigenvalue weighted by Gasteiger charge is -2.15. The largest absolute Gasteiger partial charge is 0.478 e. The molecule has 1 unspecified atom stereocenters. The summed E-state index contributed by atoms with van der Waals surface area (Å²) in [6, 6.07) is 20.5. The quantitative estimate of drug-likeness (QED) is 0.640. The minimum absolute atomic E-state index is 0.144. The molecule has 140 valence electrons. The molecule has 0 spiro atoms. The van der Waals surface area contributed by atoms with Gasteiger partial charge in [-0.1, -0.05) is 60.7 Å². The molecule has 1 heterocycles. The van der Waals surface area contributed by atoms with Crippen LogP contribution >= 0.6 is 0 Å². The molecule has 0 saturated carbocycles. The minimum Gasteiger partial charge on any atom is -0.478 e. The number of hydrogen-bond acceptors (Lipinski definition) is 2. The zero-order valence-electron chi connectivity index (χ0n) is 16.1. The maximum atomic E-state index is 11.9. The Morgan fingerprint density at radius 2 is 1.59 bits per heavy atom. The molecule has 0 aliphatic carbocycles. The van der Waals surface area contributed by atoms with Crippen molar-refractivity contribution in [3.05, 3.63) is 94.3 Å². The van der Waals surface area contributed by atoms with Gasteiger partial charge in [-0.15, -0.1) is 0 Å². The number of nitrogens with one attached hydrogen (secondary N) is 1. The number of benzene rings is 2. The SMILES string of the molecule is Cc1c(CNC(C)c2ccccc2)c(C(=O)O)c(C)n1Cc1ccccc1. The first-order chi connectivity index (χ1) is 13.0. The van der Waals surface area contributed by atoms with Crippen LogP contribution in [0.3, 0.4) is 0 Å². The monoisotopic (exact) mass is 362 g/mol. The second kappa shape index (κ2) is 8.23. The van der Waals surface area contributed by atoms with Crippen molar-refractivity contribution in [3.8, 4) is 0 Å². The highest BCUT2D eigenvalue weighted by atomic mass is 16.4. The summed E-state index contributed by atoms with van der Waals surface area (Å²) in [5, 5.41) is 13.3. The third-order valence-electron chi connectivity index (χ3n) is 5.19. The standard InChI is InChI=1S/C23H26N2O2/c1-16(20-12-8-5-9-13-20)24-14-21-17(2)25(18(3)22(21)23(26)27)15-19-10-6-4-7-11-19/h4-13,16,24H,14-15H2,1-3H3,(H,26,27). The van der Waals surface area contributed by atoms with Crippen LogP contribution in [0.5, 0.6) is 0 Å². The molecule has 0 aliphatic heterocycles. The van der Waals surface area contributed by atoms with Crippen molar-refractivity contribution in [1.29, 1.82) is 0 Å². The van der Waals surface area contributed by atoms with E-state index in [2.05, 4.69) is 41.1 Å². The van der Waals surface area contributed by atoms with Crippen molar-refractivity contribution in [1.82, 2.24) is 9.88 Å². The molecule has 2 N–H and O–H groups in total. The second-order valence-electron chi connectivity index (χ2n) is 6.91. The predicted octanol–water partition coefficient (Wildman–Crippen LogP) is 4.70. The second-order valence-corrected chi connectivity index (χ2v) is 6.91. The topological polar surface area (TPSA) is 54.3 Å². The Balaban J connectivity index is 1.88. The molecule has 0 radical (unpaired) electrons. The molecule has 0 amide bonds. The molecule has 4 nitrogen and oxygen atoms in total. The van der Waals surface area contributed by atoms with Gasteiger partial charge in [0.25, 0.3) is 0 Å². The summed E-state index contributed by atoms with van der Waals surface area (Å²) >= 11 is 0. The Hall–Kier alpha value is -2.85. The average molecular weight is 362 g/mol. The van der Waals surface area contributed by atoms with E-state index < -0.39 is 5.97 Å². The van der Waals surface area contributed by atoms with E-state index in [1.807, 2.05) is 50.2 Å². The van der Waals surface area contributed by atoms with Gasteiger partial charge in [-0.2, -0.15) is 0 Å². The Kier molecular flexibility index (Phi) is 5.77. The molecule has 4 heteroatoms. The zero-order valence-corrected chi connectivity index (χ0v) is 16.1. The van der Waals surface area contributed by atoms with Crippen LogP contribution in [0.25, 0.3) is 0 Å². The van der Waals surface area contributed by atoms with Gasteiger partial charge < -0.3 is 15.0 Å². The van der Waals surface area contributed by atoms with Crippen LogP contribution in [0.15, 0.2) is 60.7 Å². The summed E-state index contributed by atoms with van der Waals surface area (Å²) < 4.78 is 2.10. The van der Waals surface area contributed by atoms with Crippen molar-refractivity contribution in [2.24, 2.45) is 0 Å². The summed E-state index contributed by atoms with van der Waals surface area (Å²) in [4.78, 5) is 11.9. The lowest BCUT2D eigenvalue weighted by molar-refractivity contribution is 0.0694. The maximum Gasteiger partial charge on any atom is 0.337 e. The summed E-state index contributed by atoms with van der Waals surface area (Å²) in [5.41, 5.74) is 5.42. The number of nitrogens with zero attached hydrogens (tertiary/aromatic N) is 1. The van der Waals surface area contributed by atoms with Gasteiger partial charge in [0.15, 0.2) is 0 Å². The first-order valence-electron chi connectivity index (χ1n) is 9.23. The molecule has 0 saturated heterocycles. The molecule has 0 bridgehead atoms. The molecule has 1 aromatic heterocycles. The van der Waals surface area contributed by atoms with Crippen molar-refractivity contribution in [2.45, 2.75) is 39.9 Å². The smallest absolute Gasteiger partial charge is 0.337 e. The highest BCUT2D eigenvalue weighted by Crippen LogP contribution is 2.25. The number of carboxylic acids is 1. The van der Waals surface area contributed by atoms with Gasteiger partial charge in [0, 0.05) is 36.1 Å². The molecule has 27 heavy (non-hydrogen) atoms. The predicted molar refractivity (Wildman–Crippen MR) is 108 cm³/mol. The van der Waals surface area contributed by atoms with Crippen LogP contribution in [-0.2, 0) is 13.1 Å². The Morgan fingerprint density at radius 1 is 1.00 bits per heavy atom. The van der Waals surface area contributed by atoms with E-state index in [4.69, 9.17) is 0 Å². The molecule has 1 atom stereocenters. The third kappa shape index (κ3) is 4.12. The van der Waals surface area contributed by atoms with Gasteiger partial charge in [-0.25, -0.2) is 4.79 Å². The molecular formula is C23H26N2O2. The highest BCUT2D eigenvalue weighted by Gasteiger charge is 2.23. The Morgan fingerprint density at radius 3 is 2.19 bits per heavy atom. The van der Waals surface area contributed by atoms with Gasteiger partial charge in [-0.05, 0) is 31.9 Å². The summed E-state index contributed by atoms with van der Waals surface area (Å²) in [7, 11) is 0. The van der Waals surface area contributed by atoms with E-state index in [1.165, 1.54) is 5.56 Å². The van der Waals surface area contributed by atoms with Crippen LogP contribution < -0.4 is 5.32 Å². The lowest BCUT2D eigenvalue weighted by Crippen LogP contribution is -2.19. The van der Waals surface area contributed by atoms with E-state index in [9.17, 15) is 9.90 Å². The van der Waals surface area contributed by atoms with Crippen LogP contribution in [0, 0.1) is 13.8 Å². The molecule has 3 aromatic rings. The van der Waals surface area contributed by atoms with E-state index in [1.54, 1.807) is 0 Å². The number of aromatic carboxylic acids is 1. The fraction of sp³-hybridized carbons (Fsp3) is 0.261. The number of rotatable bonds is 7. The van der Waals surface area contributed by atoms with Crippen LogP contribution in [0.4, 0.5) is 0 Å². The molecule has 2 aromatic carbocycles. The van der Waals surface area contributed by atoms with Crippen molar-refractivity contribution < 1.29 is 9.90 Å². The van der Waals surface area contributed by atoms with Crippen LogP contribution in [-0.4, -0.2) is 15.6 Å². The van der Waals surface area contributed by atoms with Crippen LogP contribution in [0.2, 0.25) is 0 Å². The molecule has 0 aliphatic rings. The van der Waals surface area contributed by atoms with E-state index in [0.717, 1.165) is 22.5 Å². The van der Waals surface area contributed by atoms with E-state index >= 15 is 0 Å². The highest BCUT2D eigenvalue weighted by molar-refractivity contribution is 5.91. The van der Waals surface area contributed by atoms with Gasteiger partial charge in [0.2, 0.25) is 0 Å². The zero-order chi connectivity index (χ0) is 19.4. The minimum atomic E-state index is -0.869. The molecular weight excluding hydrogens is 336 g/mol. The molecule has 3 rings (SSSR count). The Bertz CT molecular complexity index is 915. The molecule has 0 fully saturated rings. The number of aromatic nitrogens is 1. The van der Waals surface area contributed by atoms with Crippen LogP contribution in [0.1, 0.15) is 51.4 Å². The third-order valence-corrected chi connectivity index (χ3v) is 5.19. The normalized spacial score (nSPS) is 12.1. The number of carboxylic acid groups (broad SMARTS) is 1. The average Bonchev–Trinajstić information content (AvgIpc) is 2.92. The van der Waals surface area contributed by atoms with E-state index in [0.29, 0.717) is 18.7 Å². The fourth-order valence-electron chi connectivity index (χ4n) is 3.57. The first kappa shape index (κ1) is 18.9. The maximum absolute atomic E-state index is 11.9. The lowest BCUT2D eigenvalue weighted by atomic mass is 10.1. The van der Waals surface area contributed by atoms with Crippen molar-refractivity contribution in [3.63, 3.8) is 0 Å². The van der Waals surface area contributed by atoms with Crippen molar-refractivity contribution >= 4 is 5.97 Å². The first-order valence-corrected chi connectivity index (χ1v) is 9.23. The fourth-order valence-corrected chi connectivity index (χ4v) is 3.57. The summed E-state index contributed by atoms with van der Waals surface area (Å²) in [6.07, 6.45) is 0.